The van der Waals surface area contributed by atoms with Crippen LogP contribution in [0.3, 0.4) is 0 Å². The minimum atomic E-state index is -0.524. The lowest BCUT2D eigenvalue weighted by Gasteiger charge is -2.30. The molecular weight excluding hydrogens is 314 g/mol. The number of likely N-dealkylation sites (tertiary alicyclic amines) is 1. The van der Waals surface area contributed by atoms with Crippen molar-refractivity contribution in [3.8, 4) is 0 Å². The van der Waals surface area contributed by atoms with Crippen LogP contribution in [-0.4, -0.2) is 70.7 Å². The first-order chi connectivity index (χ1) is 11.1. The van der Waals surface area contributed by atoms with Crippen LogP contribution in [0.5, 0.6) is 0 Å². The molecule has 3 amide bonds. The van der Waals surface area contributed by atoms with Crippen LogP contribution in [0.25, 0.3) is 0 Å². The molecule has 0 aromatic carbocycles. The molecule has 3 rings (SSSR count). The average Bonchev–Trinajstić information content (AvgIpc) is 3.30. The fraction of sp³-hybridized carbons (Fsp3) is 0.812. The Morgan fingerprint density at radius 2 is 1.78 bits per heavy atom. The number of carbonyl (C=O) groups is 3. The third-order valence-electron chi connectivity index (χ3n) is 4.82. The van der Waals surface area contributed by atoms with Gasteiger partial charge in [0.2, 0.25) is 17.7 Å². The van der Waals surface area contributed by atoms with Crippen LogP contribution < -0.4 is 5.32 Å². The summed E-state index contributed by atoms with van der Waals surface area (Å²) in [6.45, 7) is 3.90. The third-order valence-corrected chi connectivity index (χ3v) is 5.76. The van der Waals surface area contributed by atoms with Gasteiger partial charge in [0.05, 0.1) is 0 Å². The Morgan fingerprint density at radius 3 is 2.43 bits per heavy atom. The van der Waals surface area contributed by atoms with Gasteiger partial charge in [0.1, 0.15) is 12.1 Å². The molecule has 2 saturated heterocycles. The van der Waals surface area contributed by atoms with Crippen molar-refractivity contribution < 1.29 is 14.4 Å². The Bertz CT molecular complexity index is 489. The van der Waals surface area contributed by atoms with Gasteiger partial charge in [0.25, 0.3) is 0 Å². The molecule has 23 heavy (non-hydrogen) atoms. The van der Waals surface area contributed by atoms with E-state index in [0.29, 0.717) is 13.0 Å². The van der Waals surface area contributed by atoms with E-state index in [2.05, 4.69) is 5.32 Å². The molecule has 0 radical (unpaired) electrons. The van der Waals surface area contributed by atoms with E-state index in [1.165, 1.54) is 0 Å². The molecule has 0 spiro atoms. The van der Waals surface area contributed by atoms with Crippen molar-refractivity contribution in [1.29, 1.82) is 0 Å². The summed E-state index contributed by atoms with van der Waals surface area (Å²) in [5.41, 5.74) is 0. The van der Waals surface area contributed by atoms with Crippen molar-refractivity contribution in [2.24, 2.45) is 5.92 Å². The molecule has 3 aliphatic rings. The molecule has 0 aromatic heterocycles. The molecule has 0 unspecified atom stereocenters. The Balaban J connectivity index is 1.54. The topological polar surface area (TPSA) is 69.7 Å². The maximum absolute atomic E-state index is 12.5. The zero-order chi connectivity index (χ0) is 16.4. The molecule has 1 aliphatic carbocycles. The molecule has 128 valence electrons. The lowest BCUT2D eigenvalue weighted by atomic mass is 10.1. The molecule has 2 atom stereocenters. The van der Waals surface area contributed by atoms with Gasteiger partial charge in [-0.3, -0.25) is 14.4 Å². The normalized spacial score (nSPS) is 26.0. The summed E-state index contributed by atoms with van der Waals surface area (Å²) in [5.74, 6) is 1.97. The van der Waals surface area contributed by atoms with Gasteiger partial charge in [0.15, 0.2) is 0 Å². The first kappa shape index (κ1) is 16.6. The van der Waals surface area contributed by atoms with Crippen LogP contribution >= 0.6 is 11.8 Å². The summed E-state index contributed by atoms with van der Waals surface area (Å²) in [6, 6.07) is -0.917. The summed E-state index contributed by atoms with van der Waals surface area (Å²) in [5, 5.41) is 2.83. The van der Waals surface area contributed by atoms with E-state index in [1.807, 2.05) is 16.7 Å². The highest BCUT2D eigenvalue weighted by atomic mass is 32.2. The Morgan fingerprint density at radius 1 is 1.09 bits per heavy atom. The first-order valence-corrected chi connectivity index (χ1v) is 9.71. The van der Waals surface area contributed by atoms with Gasteiger partial charge in [-0.1, -0.05) is 0 Å². The molecule has 6 nitrogen and oxygen atoms in total. The Hall–Kier alpha value is -1.24. The standard InChI is InChI=1S/C16H25N3O3S/c1-11(15(21)18-7-9-23-10-8-18)17-14(20)13-3-2-6-19(13)16(22)12-4-5-12/h11-13H,2-10H2,1H3,(H,17,20)/t11-,13-/m1/s1. The van der Waals surface area contributed by atoms with Crippen LogP contribution in [0.4, 0.5) is 0 Å². The van der Waals surface area contributed by atoms with Gasteiger partial charge >= 0.3 is 0 Å². The van der Waals surface area contributed by atoms with E-state index < -0.39 is 12.1 Å². The number of carbonyl (C=O) groups excluding carboxylic acids is 3. The van der Waals surface area contributed by atoms with Crippen LogP contribution in [-0.2, 0) is 14.4 Å². The van der Waals surface area contributed by atoms with Crippen molar-refractivity contribution in [2.75, 3.05) is 31.1 Å². The Kier molecular flexibility index (Phi) is 5.14. The smallest absolute Gasteiger partial charge is 0.244 e. The van der Waals surface area contributed by atoms with Crippen molar-refractivity contribution >= 4 is 29.5 Å². The van der Waals surface area contributed by atoms with E-state index in [0.717, 1.165) is 43.9 Å². The summed E-state index contributed by atoms with van der Waals surface area (Å²) in [7, 11) is 0. The van der Waals surface area contributed by atoms with Crippen LogP contribution in [0, 0.1) is 5.92 Å². The fourth-order valence-electron chi connectivity index (χ4n) is 3.30. The van der Waals surface area contributed by atoms with Gasteiger partial charge in [-0.25, -0.2) is 0 Å². The molecular formula is C16H25N3O3S. The number of hydrogen-bond donors (Lipinski definition) is 1. The molecule has 3 fully saturated rings. The van der Waals surface area contributed by atoms with Gasteiger partial charge < -0.3 is 15.1 Å². The number of hydrogen-bond acceptors (Lipinski definition) is 4. The second kappa shape index (κ2) is 7.11. The highest BCUT2D eigenvalue weighted by Gasteiger charge is 2.41. The number of rotatable bonds is 4. The quantitative estimate of drug-likeness (QED) is 0.808. The van der Waals surface area contributed by atoms with Gasteiger partial charge in [0, 0.05) is 37.1 Å². The first-order valence-electron chi connectivity index (χ1n) is 8.55. The minimum absolute atomic E-state index is 0.0169. The predicted molar refractivity (Wildman–Crippen MR) is 89.0 cm³/mol. The molecule has 0 aromatic rings. The van der Waals surface area contributed by atoms with E-state index in [-0.39, 0.29) is 23.6 Å². The Labute approximate surface area is 141 Å². The molecule has 2 aliphatic heterocycles. The molecule has 7 heteroatoms. The van der Waals surface area contributed by atoms with E-state index in [1.54, 1.807) is 11.8 Å². The highest BCUT2D eigenvalue weighted by molar-refractivity contribution is 7.99. The third kappa shape index (κ3) is 3.82. The predicted octanol–water partition coefficient (Wildman–Crippen LogP) is 0.468. The molecule has 1 N–H and O–H groups in total. The van der Waals surface area contributed by atoms with E-state index in [4.69, 9.17) is 0 Å². The van der Waals surface area contributed by atoms with E-state index >= 15 is 0 Å². The number of amides is 3. The molecule has 2 heterocycles. The number of nitrogens with one attached hydrogen (secondary N) is 1. The summed E-state index contributed by atoms with van der Waals surface area (Å²) < 4.78 is 0. The lowest BCUT2D eigenvalue weighted by Crippen LogP contribution is -2.54. The maximum Gasteiger partial charge on any atom is 0.244 e. The second-order valence-corrected chi connectivity index (χ2v) is 7.86. The van der Waals surface area contributed by atoms with Crippen molar-refractivity contribution in [3.63, 3.8) is 0 Å². The second-order valence-electron chi connectivity index (χ2n) is 6.63. The number of nitrogens with zero attached hydrogens (tertiary/aromatic N) is 2. The average molecular weight is 339 g/mol. The SMILES string of the molecule is C[C@@H](NC(=O)[C@H]1CCCN1C(=O)C1CC1)C(=O)N1CCSCC1. The van der Waals surface area contributed by atoms with Gasteiger partial charge in [-0.15, -0.1) is 0 Å². The summed E-state index contributed by atoms with van der Waals surface area (Å²) in [6.07, 6.45) is 3.46. The number of thioether (sulfide) groups is 1. The molecule has 1 saturated carbocycles. The van der Waals surface area contributed by atoms with Gasteiger partial charge in [-0.2, -0.15) is 11.8 Å². The van der Waals surface area contributed by atoms with E-state index in [9.17, 15) is 14.4 Å². The lowest BCUT2D eigenvalue weighted by molar-refractivity contribution is -0.141. The van der Waals surface area contributed by atoms with Crippen LogP contribution in [0.1, 0.15) is 32.6 Å². The zero-order valence-electron chi connectivity index (χ0n) is 13.6. The molecule has 0 bridgehead atoms. The monoisotopic (exact) mass is 339 g/mol. The van der Waals surface area contributed by atoms with Crippen LogP contribution in [0.2, 0.25) is 0 Å². The zero-order valence-corrected chi connectivity index (χ0v) is 14.4. The fourth-order valence-corrected chi connectivity index (χ4v) is 4.20. The summed E-state index contributed by atoms with van der Waals surface area (Å²) in [4.78, 5) is 40.7. The maximum atomic E-state index is 12.5. The summed E-state index contributed by atoms with van der Waals surface area (Å²) >= 11 is 1.85. The highest BCUT2D eigenvalue weighted by Crippen LogP contribution is 2.33. The largest absolute Gasteiger partial charge is 0.343 e. The minimum Gasteiger partial charge on any atom is -0.343 e. The van der Waals surface area contributed by atoms with Crippen molar-refractivity contribution in [2.45, 2.75) is 44.7 Å². The van der Waals surface area contributed by atoms with Crippen LogP contribution in [0.15, 0.2) is 0 Å². The van der Waals surface area contributed by atoms with Gasteiger partial charge in [-0.05, 0) is 32.6 Å². The van der Waals surface area contributed by atoms with Crippen molar-refractivity contribution in [1.82, 2.24) is 15.1 Å². The van der Waals surface area contributed by atoms with Crippen molar-refractivity contribution in [3.05, 3.63) is 0 Å².